The molecular weight excluding hydrogens is 248 g/mol. The van der Waals surface area contributed by atoms with E-state index in [0.29, 0.717) is 0 Å². The summed E-state index contributed by atoms with van der Waals surface area (Å²) in [6.07, 6.45) is 4.81. The largest absolute Gasteiger partial charge is 0.370 e. The Labute approximate surface area is 120 Å². The van der Waals surface area contributed by atoms with E-state index in [1.165, 1.54) is 5.56 Å². The molecule has 0 saturated carbocycles. The molecule has 0 unspecified atom stereocenters. The molecule has 0 aromatic carbocycles. The molecule has 0 bridgehead atoms. The van der Waals surface area contributed by atoms with Crippen molar-refractivity contribution in [1.29, 1.82) is 0 Å². The highest BCUT2D eigenvalue weighted by Gasteiger charge is 2.04. The second-order valence-corrected chi connectivity index (χ2v) is 4.97. The van der Waals surface area contributed by atoms with Gasteiger partial charge in [-0.25, -0.2) is 4.98 Å². The van der Waals surface area contributed by atoms with E-state index in [1.807, 2.05) is 18.3 Å². The van der Waals surface area contributed by atoms with Crippen molar-refractivity contribution in [2.24, 2.45) is 0 Å². The lowest BCUT2D eigenvalue weighted by Crippen LogP contribution is -2.18. The molecule has 0 fully saturated rings. The van der Waals surface area contributed by atoms with Crippen LogP contribution in [0, 0.1) is 0 Å². The topological polar surface area (TPSA) is 41.0 Å². The molecule has 2 rings (SSSR count). The summed E-state index contributed by atoms with van der Waals surface area (Å²) in [5.41, 5.74) is 2.30. The van der Waals surface area contributed by atoms with Gasteiger partial charge in [0.2, 0.25) is 0 Å². The smallest absolute Gasteiger partial charge is 0.126 e. The molecule has 4 heteroatoms. The average molecular weight is 270 g/mol. The van der Waals surface area contributed by atoms with Crippen molar-refractivity contribution in [2.75, 3.05) is 18.9 Å². The lowest BCUT2D eigenvalue weighted by atomic mass is 10.2. The van der Waals surface area contributed by atoms with Crippen molar-refractivity contribution in [3.8, 4) is 0 Å². The van der Waals surface area contributed by atoms with Crippen LogP contribution >= 0.6 is 0 Å². The van der Waals surface area contributed by atoms with E-state index in [0.717, 1.165) is 37.6 Å². The summed E-state index contributed by atoms with van der Waals surface area (Å²) in [5.74, 6) is 0.958. The fourth-order valence-corrected chi connectivity index (χ4v) is 2.05. The van der Waals surface area contributed by atoms with E-state index >= 15 is 0 Å². The van der Waals surface area contributed by atoms with E-state index < -0.39 is 0 Å². The van der Waals surface area contributed by atoms with Gasteiger partial charge in [0, 0.05) is 32.0 Å². The van der Waals surface area contributed by atoms with Crippen LogP contribution in [-0.4, -0.2) is 28.5 Å². The number of aromatic nitrogens is 2. The van der Waals surface area contributed by atoms with Crippen molar-refractivity contribution >= 4 is 5.82 Å². The SMILES string of the molecule is CCCNc1cccc(CN(C)Cc2cccnc2)n1. The van der Waals surface area contributed by atoms with Crippen molar-refractivity contribution in [3.63, 3.8) is 0 Å². The molecule has 0 saturated heterocycles. The van der Waals surface area contributed by atoms with Gasteiger partial charge in [-0.3, -0.25) is 9.88 Å². The minimum atomic E-state index is 0.830. The normalized spacial score (nSPS) is 10.8. The maximum atomic E-state index is 4.62. The van der Waals surface area contributed by atoms with E-state index in [1.54, 1.807) is 6.20 Å². The van der Waals surface area contributed by atoms with Crippen LogP contribution in [0.2, 0.25) is 0 Å². The van der Waals surface area contributed by atoms with E-state index in [-0.39, 0.29) is 0 Å². The molecule has 0 spiro atoms. The Morgan fingerprint density at radius 2 is 2.05 bits per heavy atom. The summed E-state index contributed by atoms with van der Waals surface area (Å²) in [6, 6.07) is 10.2. The number of hydrogen-bond acceptors (Lipinski definition) is 4. The van der Waals surface area contributed by atoms with Gasteiger partial charge in [-0.2, -0.15) is 0 Å². The van der Waals surface area contributed by atoms with Gasteiger partial charge in [-0.1, -0.05) is 19.1 Å². The summed E-state index contributed by atoms with van der Waals surface area (Å²) < 4.78 is 0. The second-order valence-electron chi connectivity index (χ2n) is 4.97. The predicted molar refractivity (Wildman–Crippen MR) is 82.4 cm³/mol. The zero-order chi connectivity index (χ0) is 14.2. The van der Waals surface area contributed by atoms with Gasteiger partial charge in [0.05, 0.1) is 5.69 Å². The van der Waals surface area contributed by atoms with Crippen molar-refractivity contribution in [2.45, 2.75) is 26.4 Å². The number of pyridine rings is 2. The molecule has 20 heavy (non-hydrogen) atoms. The number of hydrogen-bond donors (Lipinski definition) is 1. The highest BCUT2D eigenvalue weighted by Crippen LogP contribution is 2.09. The number of nitrogens with zero attached hydrogens (tertiary/aromatic N) is 3. The fraction of sp³-hybridized carbons (Fsp3) is 0.375. The Morgan fingerprint density at radius 3 is 2.80 bits per heavy atom. The van der Waals surface area contributed by atoms with Crippen LogP contribution in [0.25, 0.3) is 0 Å². The summed E-state index contributed by atoms with van der Waals surface area (Å²) in [7, 11) is 2.10. The maximum Gasteiger partial charge on any atom is 0.126 e. The van der Waals surface area contributed by atoms with Crippen LogP contribution < -0.4 is 5.32 Å². The molecule has 2 aromatic rings. The van der Waals surface area contributed by atoms with Crippen LogP contribution in [-0.2, 0) is 13.1 Å². The summed E-state index contributed by atoms with van der Waals surface area (Å²) in [6.45, 7) is 4.82. The van der Waals surface area contributed by atoms with Crippen LogP contribution in [0.3, 0.4) is 0 Å². The third-order valence-electron chi connectivity index (χ3n) is 2.97. The first-order chi connectivity index (χ1) is 9.78. The fourth-order valence-electron chi connectivity index (χ4n) is 2.05. The van der Waals surface area contributed by atoms with Gasteiger partial charge in [-0.05, 0) is 37.2 Å². The van der Waals surface area contributed by atoms with Gasteiger partial charge < -0.3 is 5.32 Å². The Balaban J connectivity index is 1.92. The van der Waals surface area contributed by atoms with E-state index in [9.17, 15) is 0 Å². The Kier molecular flexibility index (Phi) is 5.50. The number of anilines is 1. The number of rotatable bonds is 7. The zero-order valence-corrected chi connectivity index (χ0v) is 12.2. The summed E-state index contributed by atoms with van der Waals surface area (Å²) in [5, 5.41) is 3.32. The molecule has 2 heterocycles. The summed E-state index contributed by atoms with van der Waals surface area (Å²) >= 11 is 0. The molecule has 0 amide bonds. The predicted octanol–water partition coefficient (Wildman–Crippen LogP) is 2.93. The molecule has 0 atom stereocenters. The molecule has 0 aliphatic heterocycles. The standard InChI is InChI=1S/C16H22N4/c1-3-9-18-16-8-4-7-15(19-16)13-20(2)12-14-6-5-10-17-11-14/h4-8,10-11H,3,9,12-13H2,1-2H3,(H,18,19). The minimum absolute atomic E-state index is 0.830. The highest BCUT2D eigenvalue weighted by atomic mass is 15.1. The Hall–Kier alpha value is -1.94. The number of nitrogens with one attached hydrogen (secondary N) is 1. The average Bonchev–Trinajstić information content (AvgIpc) is 2.46. The van der Waals surface area contributed by atoms with Crippen LogP contribution in [0.1, 0.15) is 24.6 Å². The molecule has 4 nitrogen and oxygen atoms in total. The maximum absolute atomic E-state index is 4.62. The van der Waals surface area contributed by atoms with Crippen molar-refractivity contribution in [1.82, 2.24) is 14.9 Å². The van der Waals surface area contributed by atoms with E-state index in [2.05, 4.69) is 52.4 Å². The third-order valence-corrected chi connectivity index (χ3v) is 2.97. The molecular formula is C16H22N4. The molecule has 2 aromatic heterocycles. The van der Waals surface area contributed by atoms with Gasteiger partial charge in [-0.15, -0.1) is 0 Å². The molecule has 0 aliphatic carbocycles. The first-order valence-electron chi connectivity index (χ1n) is 7.05. The molecule has 106 valence electrons. The van der Waals surface area contributed by atoms with Gasteiger partial charge >= 0.3 is 0 Å². The first-order valence-corrected chi connectivity index (χ1v) is 7.05. The van der Waals surface area contributed by atoms with Gasteiger partial charge in [0.15, 0.2) is 0 Å². The van der Waals surface area contributed by atoms with Crippen LogP contribution in [0.4, 0.5) is 5.82 Å². The molecule has 0 radical (unpaired) electrons. The lowest BCUT2D eigenvalue weighted by molar-refractivity contribution is 0.315. The third kappa shape index (κ3) is 4.63. The quantitative estimate of drug-likeness (QED) is 0.840. The van der Waals surface area contributed by atoms with Crippen LogP contribution in [0.15, 0.2) is 42.7 Å². The molecule has 1 N–H and O–H groups in total. The Morgan fingerprint density at radius 1 is 1.15 bits per heavy atom. The van der Waals surface area contributed by atoms with E-state index in [4.69, 9.17) is 0 Å². The van der Waals surface area contributed by atoms with Gasteiger partial charge in [0.1, 0.15) is 5.82 Å². The second kappa shape index (κ2) is 7.60. The Bertz CT molecular complexity index is 513. The van der Waals surface area contributed by atoms with Crippen molar-refractivity contribution in [3.05, 3.63) is 54.0 Å². The zero-order valence-electron chi connectivity index (χ0n) is 12.2. The lowest BCUT2D eigenvalue weighted by Gasteiger charge is -2.16. The highest BCUT2D eigenvalue weighted by molar-refractivity contribution is 5.35. The van der Waals surface area contributed by atoms with Crippen LogP contribution in [0.5, 0.6) is 0 Å². The van der Waals surface area contributed by atoms with Gasteiger partial charge in [0.25, 0.3) is 0 Å². The van der Waals surface area contributed by atoms with Crippen molar-refractivity contribution < 1.29 is 0 Å². The minimum Gasteiger partial charge on any atom is -0.370 e. The monoisotopic (exact) mass is 270 g/mol. The molecule has 0 aliphatic rings. The summed E-state index contributed by atoms with van der Waals surface area (Å²) in [4.78, 5) is 11.0. The first kappa shape index (κ1) is 14.5.